The Hall–Kier alpha value is -3.94. The average molecular weight is 448 g/mol. The van der Waals surface area contributed by atoms with Gasteiger partial charge in [-0.25, -0.2) is 0 Å². The predicted octanol–water partition coefficient (Wildman–Crippen LogP) is 4.08. The van der Waals surface area contributed by atoms with E-state index in [1.807, 2.05) is 30.3 Å². The van der Waals surface area contributed by atoms with E-state index in [0.717, 1.165) is 5.75 Å². The van der Waals surface area contributed by atoms with E-state index in [-0.39, 0.29) is 36.9 Å². The van der Waals surface area contributed by atoms with Gasteiger partial charge in [-0.05, 0) is 49.2 Å². The summed E-state index contributed by atoms with van der Waals surface area (Å²) in [5.41, 5.74) is 0.670. The zero-order valence-electron chi connectivity index (χ0n) is 18.0. The van der Waals surface area contributed by atoms with Crippen LogP contribution in [0.4, 0.5) is 5.69 Å². The number of rotatable bonds is 6. The number of piperidine rings is 1. The summed E-state index contributed by atoms with van der Waals surface area (Å²) in [5, 5.41) is 2.94. The zero-order valence-corrected chi connectivity index (χ0v) is 18.0. The Balaban J connectivity index is 1.11. The first-order valence-corrected chi connectivity index (χ1v) is 10.9. The van der Waals surface area contributed by atoms with Crippen molar-refractivity contribution in [2.75, 3.05) is 25.2 Å². The van der Waals surface area contributed by atoms with Crippen molar-refractivity contribution in [3.8, 4) is 17.2 Å². The van der Waals surface area contributed by atoms with E-state index in [4.69, 9.17) is 18.6 Å². The first kappa shape index (κ1) is 20.9. The Bertz CT molecular complexity index is 1130. The van der Waals surface area contributed by atoms with Gasteiger partial charge in [0.15, 0.2) is 17.3 Å². The van der Waals surface area contributed by atoms with Crippen LogP contribution in [0.15, 0.2) is 65.1 Å². The highest BCUT2D eigenvalue weighted by atomic mass is 16.7. The van der Waals surface area contributed by atoms with Crippen molar-refractivity contribution in [2.45, 2.75) is 19.4 Å². The summed E-state index contributed by atoms with van der Waals surface area (Å²) in [4.78, 5) is 27.2. The molecule has 5 rings (SSSR count). The number of anilines is 1. The molecular formula is C25H24N2O6. The average Bonchev–Trinajstić information content (AvgIpc) is 3.52. The van der Waals surface area contributed by atoms with Crippen LogP contribution < -0.4 is 19.5 Å². The summed E-state index contributed by atoms with van der Waals surface area (Å²) in [6.07, 6.45) is 1.18. The topological polar surface area (TPSA) is 90.2 Å². The molecule has 8 nitrogen and oxygen atoms in total. The van der Waals surface area contributed by atoms with Gasteiger partial charge in [-0.3, -0.25) is 9.59 Å². The lowest BCUT2D eigenvalue weighted by molar-refractivity contribution is -0.121. The molecule has 0 saturated carbocycles. The minimum atomic E-state index is -0.171. The molecule has 1 saturated heterocycles. The van der Waals surface area contributed by atoms with Gasteiger partial charge in [0.2, 0.25) is 12.7 Å². The molecule has 1 fully saturated rings. The van der Waals surface area contributed by atoms with Crippen molar-refractivity contribution >= 4 is 17.5 Å². The van der Waals surface area contributed by atoms with Gasteiger partial charge in [0, 0.05) is 30.8 Å². The molecule has 3 heterocycles. The van der Waals surface area contributed by atoms with Crippen molar-refractivity contribution in [1.82, 2.24) is 4.90 Å². The standard InChI is InChI=1S/C25H24N2O6/c28-24(26-18-6-8-21-23(14-18)32-16-31-21)17-10-12-27(13-11-17)25(29)22-9-7-20(33-22)15-30-19-4-2-1-3-5-19/h1-9,14,17H,10-13,15-16H2,(H,26,28). The highest BCUT2D eigenvalue weighted by molar-refractivity contribution is 5.94. The van der Waals surface area contributed by atoms with Crippen molar-refractivity contribution < 1.29 is 28.2 Å². The number of nitrogens with zero attached hydrogens (tertiary/aromatic N) is 1. The first-order chi connectivity index (χ1) is 16.2. The molecule has 8 heteroatoms. The summed E-state index contributed by atoms with van der Waals surface area (Å²) >= 11 is 0. The number of ether oxygens (including phenoxy) is 3. The summed E-state index contributed by atoms with van der Waals surface area (Å²) in [5.74, 6) is 2.52. The van der Waals surface area contributed by atoms with E-state index in [0.29, 0.717) is 48.9 Å². The molecule has 0 atom stereocenters. The zero-order chi connectivity index (χ0) is 22.6. The Morgan fingerprint density at radius 1 is 0.970 bits per heavy atom. The fourth-order valence-corrected chi connectivity index (χ4v) is 3.96. The van der Waals surface area contributed by atoms with E-state index in [1.165, 1.54) is 0 Å². The van der Waals surface area contributed by atoms with Crippen LogP contribution >= 0.6 is 0 Å². The van der Waals surface area contributed by atoms with Crippen molar-refractivity contribution in [1.29, 1.82) is 0 Å². The van der Waals surface area contributed by atoms with Crippen LogP contribution in [0.3, 0.4) is 0 Å². The molecule has 0 bridgehead atoms. The maximum atomic E-state index is 12.8. The second-order valence-electron chi connectivity index (χ2n) is 7.99. The minimum Gasteiger partial charge on any atom is -0.486 e. The molecule has 33 heavy (non-hydrogen) atoms. The number of carbonyl (C=O) groups is 2. The van der Waals surface area contributed by atoms with E-state index in [1.54, 1.807) is 35.2 Å². The van der Waals surface area contributed by atoms with Crippen LogP contribution in [0, 0.1) is 5.92 Å². The molecule has 1 N–H and O–H groups in total. The number of hydrogen-bond donors (Lipinski definition) is 1. The lowest BCUT2D eigenvalue weighted by Gasteiger charge is -2.30. The number of para-hydroxylation sites is 1. The molecule has 2 aliphatic heterocycles. The number of fused-ring (bicyclic) bond motifs is 1. The molecule has 0 aliphatic carbocycles. The van der Waals surface area contributed by atoms with E-state index >= 15 is 0 Å². The molecule has 1 aromatic heterocycles. The second-order valence-corrected chi connectivity index (χ2v) is 7.99. The SMILES string of the molecule is O=C(Nc1ccc2c(c1)OCO2)C1CCN(C(=O)c2ccc(COc3ccccc3)o2)CC1. The minimum absolute atomic E-state index is 0.0562. The Kier molecular flexibility index (Phi) is 5.89. The monoisotopic (exact) mass is 448 g/mol. The molecule has 2 aliphatic rings. The van der Waals surface area contributed by atoms with Gasteiger partial charge < -0.3 is 28.8 Å². The van der Waals surface area contributed by atoms with Gasteiger partial charge in [-0.1, -0.05) is 18.2 Å². The first-order valence-electron chi connectivity index (χ1n) is 10.9. The van der Waals surface area contributed by atoms with Gasteiger partial charge in [0.05, 0.1) is 0 Å². The summed E-state index contributed by atoms with van der Waals surface area (Å²) in [7, 11) is 0. The molecule has 0 radical (unpaired) electrons. The molecule has 0 spiro atoms. The predicted molar refractivity (Wildman–Crippen MR) is 119 cm³/mol. The van der Waals surface area contributed by atoms with Gasteiger partial charge >= 0.3 is 0 Å². The molecule has 2 aromatic carbocycles. The quantitative estimate of drug-likeness (QED) is 0.611. The van der Waals surface area contributed by atoms with E-state index in [2.05, 4.69) is 5.32 Å². The third-order valence-electron chi connectivity index (χ3n) is 5.79. The van der Waals surface area contributed by atoms with Crippen LogP contribution in [0.1, 0.15) is 29.2 Å². The van der Waals surface area contributed by atoms with Crippen LogP contribution in [-0.2, 0) is 11.4 Å². The summed E-state index contributed by atoms with van der Waals surface area (Å²) in [6, 6.07) is 18.2. The van der Waals surface area contributed by atoms with Gasteiger partial charge in [0.25, 0.3) is 5.91 Å². The molecule has 0 unspecified atom stereocenters. The third-order valence-corrected chi connectivity index (χ3v) is 5.79. The number of furan rings is 1. The number of amides is 2. The van der Waals surface area contributed by atoms with Crippen LogP contribution in [0.25, 0.3) is 0 Å². The van der Waals surface area contributed by atoms with Crippen molar-refractivity contribution in [3.63, 3.8) is 0 Å². The number of hydrogen-bond acceptors (Lipinski definition) is 6. The Morgan fingerprint density at radius 3 is 2.58 bits per heavy atom. The number of nitrogens with one attached hydrogen (secondary N) is 1. The van der Waals surface area contributed by atoms with Crippen molar-refractivity contribution in [2.24, 2.45) is 5.92 Å². The Labute approximate surface area is 191 Å². The normalized spacial score (nSPS) is 15.3. The molecule has 2 amide bonds. The van der Waals surface area contributed by atoms with Crippen LogP contribution in [0.5, 0.6) is 17.2 Å². The van der Waals surface area contributed by atoms with E-state index < -0.39 is 0 Å². The van der Waals surface area contributed by atoms with Crippen LogP contribution in [0.2, 0.25) is 0 Å². The number of likely N-dealkylation sites (tertiary alicyclic amines) is 1. The maximum absolute atomic E-state index is 12.8. The fraction of sp³-hybridized carbons (Fsp3) is 0.280. The lowest BCUT2D eigenvalue weighted by Crippen LogP contribution is -2.41. The summed E-state index contributed by atoms with van der Waals surface area (Å²) < 4.78 is 22.0. The smallest absolute Gasteiger partial charge is 0.289 e. The Morgan fingerprint density at radius 2 is 1.76 bits per heavy atom. The second kappa shape index (κ2) is 9.28. The van der Waals surface area contributed by atoms with Gasteiger partial charge in [0.1, 0.15) is 18.1 Å². The maximum Gasteiger partial charge on any atom is 0.289 e. The number of benzene rings is 2. The number of carbonyl (C=O) groups excluding carboxylic acids is 2. The van der Waals surface area contributed by atoms with E-state index in [9.17, 15) is 9.59 Å². The van der Waals surface area contributed by atoms with Gasteiger partial charge in [-0.2, -0.15) is 0 Å². The summed E-state index contributed by atoms with van der Waals surface area (Å²) in [6.45, 7) is 1.43. The lowest BCUT2D eigenvalue weighted by atomic mass is 9.95. The largest absolute Gasteiger partial charge is 0.486 e. The highest BCUT2D eigenvalue weighted by Gasteiger charge is 2.29. The fourth-order valence-electron chi connectivity index (χ4n) is 3.96. The highest BCUT2D eigenvalue weighted by Crippen LogP contribution is 2.34. The van der Waals surface area contributed by atoms with Crippen LogP contribution in [-0.4, -0.2) is 36.6 Å². The van der Waals surface area contributed by atoms with Gasteiger partial charge in [-0.15, -0.1) is 0 Å². The van der Waals surface area contributed by atoms with Crippen molar-refractivity contribution in [3.05, 3.63) is 72.2 Å². The molecule has 3 aromatic rings. The molecule has 170 valence electrons. The molecular weight excluding hydrogens is 424 g/mol. The third kappa shape index (κ3) is 4.79.